The Morgan fingerprint density at radius 2 is 1.62 bits per heavy atom. The summed E-state index contributed by atoms with van der Waals surface area (Å²) in [5.74, 6) is -1.63. The molecule has 0 saturated carbocycles. The molecule has 3 aromatic rings. The summed E-state index contributed by atoms with van der Waals surface area (Å²) >= 11 is 0. The van der Waals surface area contributed by atoms with Crippen LogP contribution in [0.2, 0.25) is 0 Å². The molecule has 5 atom stereocenters. The van der Waals surface area contributed by atoms with Gasteiger partial charge in [0.15, 0.2) is 22.8 Å². The Bertz CT molecular complexity index is 1200. The van der Waals surface area contributed by atoms with E-state index in [0.29, 0.717) is 0 Å². The van der Waals surface area contributed by atoms with Crippen LogP contribution in [-0.4, -0.2) is 73.1 Å². The van der Waals surface area contributed by atoms with E-state index in [4.69, 9.17) is 13.9 Å². The number of benzene rings is 2. The molecule has 11 nitrogen and oxygen atoms in total. The van der Waals surface area contributed by atoms with Crippen LogP contribution in [-0.2, 0) is 4.74 Å². The normalized spacial score (nSPS) is 25.7. The number of phenolic OH excluding ortho intramolecular Hbond substituents is 3. The van der Waals surface area contributed by atoms with Crippen molar-refractivity contribution in [1.29, 1.82) is 0 Å². The van der Waals surface area contributed by atoms with Crippen molar-refractivity contribution in [2.24, 2.45) is 0 Å². The second-order valence-electron chi connectivity index (χ2n) is 7.29. The van der Waals surface area contributed by atoms with Gasteiger partial charge in [0.05, 0.1) is 17.6 Å². The Hall–Kier alpha value is -3.35. The minimum Gasteiger partial charge on any atom is -0.504 e. The number of hydrogen-bond acceptors (Lipinski definition) is 11. The number of ether oxygens (including phenoxy) is 2. The molecule has 1 aliphatic rings. The standard InChI is InChI=1S/C21H20O11/c22-6-14-16(27)17(28)18(29)21(31-14)32-20-12(24)4-2-9-15(26)10(7-30-19(9)20)8-1-3-11(23)13(25)5-8/h1-5,7,14,16-18,21-25,27-29H,6H2/t14-,16-,17+,18-,21-/m1/s1. The van der Waals surface area contributed by atoms with Crippen LogP contribution in [0.25, 0.3) is 22.1 Å². The molecule has 0 amide bonds. The van der Waals surface area contributed by atoms with Gasteiger partial charge in [0.2, 0.25) is 17.5 Å². The van der Waals surface area contributed by atoms with E-state index in [-0.39, 0.29) is 33.6 Å². The first kappa shape index (κ1) is 21.9. The maximum atomic E-state index is 13.0. The van der Waals surface area contributed by atoms with Gasteiger partial charge >= 0.3 is 0 Å². The quantitative estimate of drug-likeness (QED) is 0.261. The molecule has 1 saturated heterocycles. The maximum absolute atomic E-state index is 13.0. The maximum Gasteiger partial charge on any atom is 0.229 e. The van der Waals surface area contributed by atoms with Gasteiger partial charge in [-0.2, -0.15) is 0 Å². The summed E-state index contributed by atoms with van der Waals surface area (Å²) in [5.41, 5.74) is -0.425. The lowest BCUT2D eigenvalue weighted by Crippen LogP contribution is -2.60. The molecular weight excluding hydrogens is 428 g/mol. The summed E-state index contributed by atoms with van der Waals surface area (Å²) in [6.45, 7) is -0.676. The zero-order valence-electron chi connectivity index (χ0n) is 16.3. The lowest BCUT2D eigenvalue weighted by Gasteiger charge is -2.39. The minimum absolute atomic E-state index is 0.0209. The van der Waals surface area contributed by atoms with Gasteiger partial charge < -0.3 is 49.6 Å². The summed E-state index contributed by atoms with van der Waals surface area (Å²) in [5, 5.41) is 68.7. The molecule has 2 aromatic carbocycles. The molecule has 11 heteroatoms. The predicted molar refractivity (Wildman–Crippen MR) is 107 cm³/mol. The lowest BCUT2D eigenvalue weighted by atomic mass is 9.99. The molecule has 32 heavy (non-hydrogen) atoms. The van der Waals surface area contributed by atoms with Crippen LogP contribution < -0.4 is 10.2 Å². The van der Waals surface area contributed by atoms with Crippen LogP contribution >= 0.6 is 0 Å². The van der Waals surface area contributed by atoms with Crippen LogP contribution in [0.4, 0.5) is 0 Å². The smallest absolute Gasteiger partial charge is 0.229 e. The third-order valence-electron chi connectivity index (χ3n) is 5.24. The lowest BCUT2D eigenvalue weighted by molar-refractivity contribution is -0.277. The third-order valence-corrected chi connectivity index (χ3v) is 5.24. The molecule has 170 valence electrons. The highest BCUT2D eigenvalue weighted by atomic mass is 16.7. The monoisotopic (exact) mass is 448 g/mol. The molecule has 4 rings (SSSR count). The van der Waals surface area contributed by atoms with Crippen molar-refractivity contribution >= 4 is 11.0 Å². The minimum atomic E-state index is -1.74. The molecule has 2 heterocycles. The largest absolute Gasteiger partial charge is 0.504 e. The average Bonchev–Trinajstić information content (AvgIpc) is 2.78. The number of aromatic hydroxyl groups is 3. The summed E-state index contributed by atoms with van der Waals surface area (Å²) < 4.78 is 16.3. The van der Waals surface area contributed by atoms with E-state index < -0.39 is 54.2 Å². The highest BCUT2D eigenvalue weighted by Gasteiger charge is 2.45. The number of hydrogen-bond donors (Lipinski definition) is 7. The number of rotatable bonds is 4. The van der Waals surface area contributed by atoms with Crippen LogP contribution in [0.15, 0.2) is 45.8 Å². The summed E-state index contributed by atoms with van der Waals surface area (Å²) in [6.07, 6.45) is -6.83. The molecular formula is C21H20O11. The fraction of sp³-hybridized carbons (Fsp3) is 0.286. The number of aliphatic hydroxyl groups is 4. The first-order valence-corrected chi connectivity index (χ1v) is 9.50. The van der Waals surface area contributed by atoms with Gasteiger partial charge in [-0.05, 0) is 29.8 Å². The molecule has 1 fully saturated rings. The predicted octanol–water partition coefficient (Wildman–Crippen LogP) is -0.245. The van der Waals surface area contributed by atoms with Crippen LogP contribution in [0.3, 0.4) is 0 Å². The Morgan fingerprint density at radius 3 is 2.31 bits per heavy atom. The SMILES string of the molecule is O=c1c(-c2ccc(O)c(O)c2)coc2c(O[C@H]3O[C@H](CO)[C@@H](O)[C@H](O)[C@H]3O)c(O)ccc12. The fourth-order valence-corrected chi connectivity index (χ4v) is 3.45. The van der Waals surface area contributed by atoms with Gasteiger partial charge in [0, 0.05) is 0 Å². The molecule has 0 aliphatic carbocycles. The molecule has 1 aliphatic heterocycles. The fourth-order valence-electron chi connectivity index (χ4n) is 3.45. The van der Waals surface area contributed by atoms with Gasteiger partial charge in [-0.25, -0.2) is 0 Å². The van der Waals surface area contributed by atoms with E-state index in [1.807, 2.05) is 0 Å². The van der Waals surface area contributed by atoms with E-state index in [1.54, 1.807) is 0 Å². The van der Waals surface area contributed by atoms with Crippen molar-refractivity contribution in [2.45, 2.75) is 30.7 Å². The number of aliphatic hydroxyl groups excluding tert-OH is 4. The Balaban J connectivity index is 1.76. The van der Waals surface area contributed by atoms with Crippen LogP contribution in [0.5, 0.6) is 23.0 Å². The van der Waals surface area contributed by atoms with Crippen LogP contribution in [0.1, 0.15) is 0 Å². The summed E-state index contributed by atoms with van der Waals surface area (Å²) in [6, 6.07) is 6.22. The first-order chi connectivity index (χ1) is 15.2. The Labute approximate surface area is 179 Å². The highest BCUT2D eigenvalue weighted by Crippen LogP contribution is 2.37. The number of phenols is 3. The van der Waals surface area contributed by atoms with Gasteiger partial charge in [-0.15, -0.1) is 0 Å². The van der Waals surface area contributed by atoms with E-state index in [9.17, 15) is 40.5 Å². The van der Waals surface area contributed by atoms with Crippen molar-refractivity contribution < 1.29 is 49.6 Å². The van der Waals surface area contributed by atoms with Gasteiger partial charge in [0.25, 0.3) is 0 Å². The Morgan fingerprint density at radius 1 is 0.906 bits per heavy atom. The zero-order valence-corrected chi connectivity index (χ0v) is 16.3. The van der Waals surface area contributed by atoms with Crippen molar-refractivity contribution in [1.82, 2.24) is 0 Å². The summed E-state index contributed by atoms with van der Waals surface area (Å²) in [7, 11) is 0. The highest BCUT2D eigenvalue weighted by molar-refractivity contribution is 5.88. The van der Waals surface area contributed by atoms with E-state index in [2.05, 4.69) is 0 Å². The van der Waals surface area contributed by atoms with E-state index >= 15 is 0 Å². The van der Waals surface area contributed by atoms with E-state index in [0.717, 1.165) is 12.3 Å². The van der Waals surface area contributed by atoms with Gasteiger partial charge in [-0.1, -0.05) is 6.07 Å². The second-order valence-corrected chi connectivity index (χ2v) is 7.29. The molecule has 1 aromatic heterocycles. The topological polar surface area (TPSA) is 190 Å². The molecule has 0 unspecified atom stereocenters. The zero-order chi connectivity index (χ0) is 23.2. The van der Waals surface area contributed by atoms with Gasteiger partial charge in [-0.3, -0.25) is 4.79 Å². The number of fused-ring (bicyclic) bond motifs is 1. The second kappa shape index (κ2) is 8.30. The molecule has 0 spiro atoms. The first-order valence-electron chi connectivity index (χ1n) is 9.50. The molecule has 0 radical (unpaired) electrons. The average molecular weight is 448 g/mol. The van der Waals surface area contributed by atoms with E-state index in [1.165, 1.54) is 24.3 Å². The van der Waals surface area contributed by atoms with Crippen LogP contribution in [0, 0.1) is 0 Å². The van der Waals surface area contributed by atoms with Crippen molar-refractivity contribution in [2.75, 3.05) is 6.61 Å². The molecule has 0 bridgehead atoms. The van der Waals surface area contributed by atoms with Gasteiger partial charge in [0.1, 0.15) is 30.7 Å². The van der Waals surface area contributed by atoms with Crippen molar-refractivity contribution in [3.05, 3.63) is 46.8 Å². The Kier molecular flexibility index (Phi) is 5.67. The molecule has 7 N–H and O–H groups in total. The third kappa shape index (κ3) is 3.61. The summed E-state index contributed by atoms with van der Waals surface area (Å²) in [4.78, 5) is 13.0. The van der Waals surface area contributed by atoms with Crippen molar-refractivity contribution in [3.8, 4) is 34.1 Å². The van der Waals surface area contributed by atoms with Crippen molar-refractivity contribution in [3.63, 3.8) is 0 Å².